The van der Waals surface area contributed by atoms with Crippen LogP contribution in [0, 0.1) is 5.82 Å². The predicted octanol–water partition coefficient (Wildman–Crippen LogP) is 3.24. The number of anilines is 1. The highest BCUT2D eigenvalue weighted by atomic mass is 19.1. The third-order valence-corrected chi connectivity index (χ3v) is 3.56. The molecule has 3 rings (SSSR count). The van der Waals surface area contributed by atoms with Crippen molar-refractivity contribution in [3.05, 3.63) is 76.3 Å². The molecule has 0 saturated carbocycles. The number of aromatic nitrogens is 1. The maximum absolute atomic E-state index is 13.1. The zero-order chi connectivity index (χ0) is 16.2. The number of rotatable bonds is 4. The normalized spacial score (nSPS) is 10.7. The first-order chi connectivity index (χ1) is 11.1. The minimum absolute atomic E-state index is 0.151. The van der Waals surface area contributed by atoms with E-state index in [1.807, 2.05) is 24.3 Å². The number of benzene rings is 2. The lowest BCUT2D eigenvalue weighted by Gasteiger charge is -2.06. The third kappa shape index (κ3) is 3.63. The van der Waals surface area contributed by atoms with Gasteiger partial charge in [0.1, 0.15) is 5.82 Å². The lowest BCUT2D eigenvalue weighted by Crippen LogP contribution is -2.17. The first-order valence-electron chi connectivity index (χ1n) is 7.28. The number of hydrogen-bond acceptors (Lipinski definition) is 2. The van der Waals surface area contributed by atoms with Gasteiger partial charge in [0.05, 0.1) is 0 Å². The fourth-order valence-corrected chi connectivity index (χ4v) is 2.42. The molecule has 0 atom stereocenters. The van der Waals surface area contributed by atoms with Gasteiger partial charge in [-0.15, -0.1) is 0 Å². The largest absolute Gasteiger partial charge is 0.326 e. The highest BCUT2D eigenvalue weighted by molar-refractivity contribution is 5.90. The van der Waals surface area contributed by atoms with Crippen LogP contribution in [-0.4, -0.2) is 10.9 Å². The van der Waals surface area contributed by atoms with Crippen molar-refractivity contribution in [2.75, 3.05) is 5.32 Å². The summed E-state index contributed by atoms with van der Waals surface area (Å²) in [5.41, 5.74) is 1.54. The maximum Gasteiger partial charge on any atom is 0.251 e. The van der Waals surface area contributed by atoms with Crippen LogP contribution in [0.25, 0.3) is 10.9 Å². The van der Waals surface area contributed by atoms with Crippen LogP contribution in [0.3, 0.4) is 0 Å². The van der Waals surface area contributed by atoms with Crippen molar-refractivity contribution in [2.45, 2.75) is 12.8 Å². The fraction of sp³-hybridized carbons (Fsp3) is 0.111. The van der Waals surface area contributed by atoms with Crippen LogP contribution in [0.1, 0.15) is 12.0 Å². The number of para-hydroxylation sites is 1. The SMILES string of the molecule is O=C(CCc1cc2ccccc2[nH]c1=O)Nc1cccc(F)c1. The van der Waals surface area contributed by atoms with Crippen LogP contribution < -0.4 is 10.9 Å². The molecule has 23 heavy (non-hydrogen) atoms. The van der Waals surface area contributed by atoms with E-state index in [0.717, 1.165) is 10.9 Å². The van der Waals surface area contributed by atoms with Crippen molar-refractivity contribution in [3.63, 3.8) is 0 Å². The standard InChI is InChI=1S/C18H15FN2O2/c19-14-5-3-6-15(11-14)20-17(22)9-8-13-10-12-4-1-2-7-16(12)21-18(13)23/h1-7,10-11H,8-9H2,(H,20,22)(H,21,23). The van der Waals surface area contributed by atoms with Crippen molar-refractivity contribution < 1.29 is 9.18 Å². The number of H-pyrrole nitrogens is 1. The molecule has 5 heteroatoms. The van der Waals surface area contributed by atoms with Gasteiger partial charge >= 0.3 is 0 Å². The number of nitrogens with one attached hydrogen (secondary N) is 2. The topological polar surface area (TPSA) is 62.0 Å². The van der Waals surface area contributed by atoms with E-state index in [-0.39, 0.29) is 17.9 Å². The van der Waals surface area contributed by atoms with Gasteiger partial charge in [-0.2, -0.15) is 0 Å². The highest BCUT2D eigenvalue weighted by Gasteiger charge is 2.07. The summed E-state index contributed by atoms with van der Waals surface area (Å²) in [5.74, 6) is -0.670. The average molecular weight is 310 g/mol. The van der Waals surface area contributed by atoms with Crippen molar-refractivity contribution in [1.82, 2.24) is 4.98 Å². The highest BCUT2D eigenvalue weighted by Crippen LogP contribution is 2.12. The second-order valence-electron chi connectivity index (χ2n) is 5.27. The van der Waals surface area contributed by atoms with Crippen LogP contribution in [-0.2, 0) is 11.2 Å². The van der Waals surface area contributed by atoms with Crippen LogP contribution in [0.2, 0.25) is 0 Å². The van der Waals surface area contributed by atoms with E-state index >= 15 is 0 Å². The Morgan fingerprint density at radius 1 is 1.09 bits per heavy atom. The number of pyridine rings is 1. The van der Waals surface area contributed by atoms with Crippen molar-refractivity contribution >= 4 is 22.5 Å². The molecule has 1 heterocycles. The predicted molar refractivity (Wildman–Crippen MR) is 87.9 cm³/mol. The number of carbonyl (C=O) groups is 1. The summed E-state index contributed by atoms with van der Waals surface area (Å²) in [7, 11) is 0. The van der Waals surface area contributed by atoms with E-state index in [0.29, 0.717) is 17.7 Å². The van der Waals surface area contributed by atoms with Gasteiger partial charge in [-0.05, 0) is 42.1 Å². The van der Waals surface area contributed by atoms with E-state index in [4.69, 9.17) is 0 Å². The Balaban J connectivity index is 1.69. The maximum atomic E-state index is 13.1. The number of amides is 1. The van der Waals surface area contributed by atoms with Crippen LogP contribution >= 0.6 is 0 Å². The van der Waals surface area contributed by atoms with E-state index in [1.165, 1.54) is 18.2 Å². The zero-order valence-corrected chi connectivity index (χ0v) is 12.3. The number of halogens is 1. The van der Waals surface area contributed by atoms with Crippen LogP contribution in [0.15, 0.2) is 59.4 Å². The van der Waals surface area contributed by atoms with E-state index < -0.39 is 5.82 Å². The van der Waals surface area contributed by atoms with Gasteiger partial charge in [0.15, 0.2) is 0 Å². The zero-order valence-electron chi connectivity index (χ0n) is 12.3. The first kappa shape index (κ1) is 15.0. The summed E-state index contributed by atoms with van der Waals surface area (Å²) in [6, 6.07) is 15.0. The smallest absolute Gasteiger partial charge is 0.251 e. The van der Waals surface area contributed by atoms with Crippen LogP contribution in [0.5, 0.6) is 0 Å². The summed E-state index contributed by atoms with van der Waals surface area (Å²) in [4.78, 5) is 26.7. The fourth-order valence-electron chi connectivity index (χ4n) is 2.42. The van der Waals surface area contributed by atoms with Gasteiger partial charge in [-0.1, -0.05) is 24.3 Å². The molecule has 0 aliphatic carbocycles. The minimum atomic E-state index is -0.409. The van der Waals surface area contributed by atoms with Gasteiger partial charge in [0.25, 0.3) is 5.56 Å². The summed E-state index contributed by atoms with van der Waals surface area (Å²) in [6.45, 7) is 0. The van der Waals surface area contributed by atoms with Crippen molar-refractivity contribution in [1.29, 1.82) is 0 Å². The summed E-state index contributed by atoms with van der Waals surface area (Å²) in [6.07, 6.45) is 0.471. The molecule has 4 nitrogen and oxygen atoms in total. The quantitative estimate of drug-likeness (QED) is 0.777. The molecule has 116 valence electrons. The van der Waals surface area contributed by atoms with Gasteiger partial charge in [-0.3, -0.25) is 9.59 Å². The molecule has 0 radical (unpaired) electrons. The Hall–Kier alpha value is -2.95. The Kier molecular flexibility index (Phi) is 4.19. The number of carbonyl (C=O) groups excluding carboxylic acids is 1. The molecule has 0 saturated heterocycles. The molecule has 1 aromatic heterocycles. The second-order valence-corrected chi connectivity index (χ2v) is 5.27. The second kappa shape index (κ2) is 6.44. The number of aryl methyl sites for hydroxylation is 1. The van der Waals surface area contributed by atoms with Gasteiger partial charge < -0.3 is 10.3 Å². The molecular weight excluding hydrogens is 295 g/mol. The molecule has 1 amide bonds. The minimum Gasteiger partial charge on any atom is -0.326 e. The lowest BCUT2D eigenvalue weighted by atomic mass is 10.1. The summed E-state index contributed by atoms with van der Waals surface area (Å²) < 4.78 is 13.1. The Morgan fingerprint density at radius 2 is 1.91 bits per heavy atom. The molecule has 2 aromatic carbocycles. The van der Waals surface area contributed by atoms with Gasteiger partial charge in [0, 0.05) is 23.2 Å². The van der Waals surface area contributed by atoms with Gasteiger partial charge in [0.2, 0.25) is 5.91 Å². The lowest BCUT2D eigenvalue weighted by molar-refractivity contribution is -0.116. The average Bonchev–Trinajstić information content (AvgIpc) is 2.53. The van der Waals surface area contributed by atoms with Crippen molar-refractivity contribution in [2.24, 2.45) is 0 Å². The molecule has 0 unspecified atom stereocenters. The first-order valence-corrected chi connectivity index (χ1v) is 7.28. The molecule has 0 bridgehead atoms. The Bertz CT molecular complexity index is 918. The molecule has 0 aliphatic heterocycles. The van der Waals surface area contributed by atoms with Gasteiger partial charge in [-0.25, -0.2) is 4.39 Å². The van der Waals surface area contributed by atoms with E-state index in [1.54, 1.807) is 12.1 Å². The molecule has 2 N–H and O–H groups in total. The Morgan fingerprint density at radius 3 is 2.74 bits per heavy atom. The number of hydrogen-bond donors (Lipinski definition) is 2. The molecule has 3 aromatic rings. The number of fused-ring (bicyclic) bond motifs is 1. The van der Waals surface area contributed by atoms with Crippen LogP contribution in [0.4, 0.5) is 10.1 Å². The molecular formula is C18H15FN2O2. The molecule has 0 aliphatic rings. The third-order valence-electron chi connectivity index (χ3n) is 3.56. The summed E-state index contributed by atoms with van der Waals surface area (Å²) >= 11 is 0. The Labute approximate surface area is 132 Å². The van der Waals surface area contributed by atoms with Crippen molar-refractivity contribution in [3.8, 4) is 0 Å². The summed E-state index contributed by atoms with van der Waals surface area (Å²) in [5, 5.41) is 3.54. The molecule has 0 fully saturated rings. The number of aromatic amines is 1. The van der Waals surface area contributed by atoms with E-state index in [2.05, 4.69) is 10.3 Å². The van der Waals surface area contributed by atoms with E-state index in [9.17, 15) is 14.0 Å². The molecule has 0 spiro atoms. The monoisotopic (exact) mass is 310 g/mol.